The lowest BCUT2D eigenvalue weighted by Gasteiger charge is -2.39. The third kappa shape index (κ3) is 2.65. The number of phenolic OH excluding ortho intramolecular Hbond substituents is 1. The van der Waals surface area contributed by atoms with Gasteiger partial charge in [0.15, 0.2) is 17.3 Å². The predicted octanol–water partition coefficient (Wildman–Crippen LogP) is 3.13. The minimum absolute atomic E-state index is 0.0268. The Morgan fingerprint density at radius 1 is 1.41 bits per heavy atom. The van der Waals surface area contributed by atoms with Crippen LogP contribution in [0.1, 0.15) is 43.9 Å². The minimum Gasteiger partial charge on any atom is -0.504 e. The van der Waals surface area contributed by atoms with E-state index in [1.165, 1.54) is 13.3 Å². The molecule has 1 aliphatic carbocycles. The fraction of sp³-hybridized carbons (Fsp3) is 0.350. The molecule has 0 spiro atoms. The molecule has 0 radical (unpaired) electrons. The number of aromatic nitrogens is 2. The first-order valence-corrected chi connectivity index (χ1v) is 8.72. The summed E-state index contributed by atoms with van der Waals surface area (Å²) < 4.78 is 6.90. The number of nitrogens with zero attached hydrogens (tertiary/aromatic N) is 3. The maximum Gasteiger partial charge on any atom is 0.163 e. The van der Waals surface area contributed by atoms with E-state index in [9.17, 15) is 15.2 Å². The van der Waals surface area contributed by atoms with Crippen molar-refractivity contribution in [2.45, 2.75) is 32.7 Å². The summed E-state index contributed by atoms with van der Waals surface area (Å²) in [4.78, 5) is 13.1. The van der Waals surface area contributed by atoms with Crippen molar-refractivity contribution in [1.82, 2.24) is 9.78 Å². The summed E-state index contributed by atoms with van der Waals surface area (Å²) in [6.07, 6.45) is 2.65. The third-order valence-electron chi connectivity index (χ3n) is 5.14. The number of hydrogen-bond acceptors (Lipinski definition) is 6. The summed E-state index contributed by atoms with van der Waals surface area (Å²) >= 11 is 0. The van der Waals surface area contributed by atoms with Crippen LogP contribution in [-0.4, -0.2) is 27.8 Å². The van der Waals surface area contributed by atoms with E-state index < -0.39 is 6.04 Å². The van der Waals surface area contributed by atoms with Gasteiger partial charge in [-0.2, -0.15) is 10.4 Å². The molecule has 7 heteroatoms. The van der Waals surface area contributed by atoms with Gasteiger partial charge in [0.2, 0.25) is 0 Å². The van der Waals surface area contributed by atoms with Gasteiger partial charge in [-0.1, -0.05) is 19.9 Å². The highest BCUT2D eigenvalue weighted by Crippen LogP contribution is 2.47. The van der Waals surface area contributed by atoms with Crippen LogP contribution in [0.2, 0.25) is 0 Å². The van der Waals surface area contributed by atoms with E-state index in [1.54, 1.807) is 22.9 Å². The Morgan fingerprint density at radius 3 is 2.89 bits per heavy atom. The van der Waals surface area contributed by atoms with Gasteiger partial charge in [0, 0.05) is 17.7 Å². The number of carbonyl (C=O) groups is 1. The molecule has 0 amide bonds. The Balaban J connectivity index is 1.95. The standard InChI is InChI=1S/C20H20N4O3/c1-20(2)7-13-17(15(26)8-20)18(11-4-5-14(25)16(6-11)27-3)24-19(23-13)12(9-21)10-22-24/h4-6,10,18,23,25H,7-8H2,1-3H3/t18-/m1/s1. The van der Waals surface area contributed by atoms with Crippen LogP contribution < -0.4 is 10.1 Å². The van der Waals surface area contributed by atoms with Crippen LogP contribution in [0.5, 0.6) is 11.5 Å². The summed E-state index contributed by atoms with van der Waals surface area (Å²) in [7, 11) is 1.48. The second kappa shape index (κ2) is 5.88. The summed E-state index contributed by atoms with van der Waals surface area (Å²) in [6.45, 7) is 4.12. The lowest BCUT2D eigenvalue weighted by molar-refractivity contribution is -0.118. The number of ketones is 1. The first-order valence-electron chi connectivity index (χ1n) is 8.72. The number of benzene rings is 1. The zero-order valence-electron chi connectivity index (χ0n) is 15.4. The topological polar surface area (TPSA) is 100 Å². The van der Waals surface area contributed by atoms with Crippen LogP contribution >= 0.6 is 0 Å². The molecule has 1 aromatic carbocycles. The Hall–Kier alpha value is -3.27. The molecule has 0 fully saturated rings. The van der Waals surface area contributed by atoms with Gasteiger partial charge in [0.05, 0.1) is 13.3 Å². The summed E-state index contributed by atoms with van der Waals surface area (Å²) in [5.74, 6) is 0.995. The fourth-order valence-corrected chi connectivity index (χ4v) is 3.97. The second-order valence-corrected chi connectivity index (χ2v) is 7.76. The van der Waals surface area contributed by atoms with Crippen molar-refractivity contribution in [3.05, 3.63) is 46.8 Å². The molecule has 2 N–H and O–H groups in total. The molecule has 4 rings (SSSR count). The van der Waals surface area contributed by atoms with Gasteiger partial charge < -0.3 is 15.2 Å². The maximum atomic E-state index is 13.1. The predicted molar refractivity (Wildman–Crippen MR) is 98.4 cm³/mol. The summed E-state index contributed by atoms with van der Waals surface area (Å²) in [5, 5.41) is 27.0. The van der Waals surface area contributed by atoms with Gasteiger partial charge in [0.1, 0.15) is 23.5 Å². The molecule has 0 saturated heterocycles. The Kier molecular flexibility index (Phi) is 3.74. The lowest BCUT2D eigenvalue weighted by Crippen LogP contribution is -2.36. The number of ether oxygens (including phenoxy) is 1. The first-order chi connectivity index (χ1) is 12.8. The number of nitrogens with one attached hydrogen (secondary N) is 1. The van der Waals surface area contributed by atoms with Gasteiger partial charge in [-0.15, -0.1) is 0 Å². The van der Waals surface area contributed by atoms with E-state index in [0.29, 0.717) is 35.5 Å². The molecule has 0 saturated carbocycles. The van der Waals surface area contributed by atoms with E-state index in [0.717, 1.165) is 11.3 Å². The smallest absolute Gasteiger partial charge is 0.163 e. The number of phenols is 1. The largest absolute Gasteiger partial charge is 0.504 e. The van der Waals surface area contributed by atoms with Crippen molar-refractivity contribution in [2.24, 2.45) is 5.41 Å². The van der Waals surface area contributed by atoms with E-state index in [4.69, 9.17) is 4.74 Å². The van der Waals surface area contributed by atoms with E-state index >= 15 is 0 Å². The average Bonchev–Trinajstić information content (AvgIpc) is 3.02. The van der Waals surface area contributed by atoms with Crippen molar-refractivity contribution in [2.75, 3.05) is 12.4 Å². The van der Waals surface area contributed by atoms with Gasteiger partial charge in [0.25, 0.3) is 0 Å². The fourth-order valence-electron chi connectivity index (χ4n) is 3.97. The lowest BCUT2D eigenvalue weighted by atomic mass is 9.73. The zero-order chi connectivity index (χ0) is 19.3. The highest BCUT2D eigenvalue weighted by Gasteiger charge is 2.41. The molecule has 27 heavy (non-hydrogen) atoms. The highest BCUT2D eigenvalue weighted by atomic mass is 16.5. The van der Waals surface area contributed by atoms with Crippen LogP contribution in [0.25, 0.3) is 0 Å². The van der Waals surface area contributed by atoms with Gasteiger partial charge >= 0.3 is 0 Å². The van der Waals surface area contributed by atoms with Crippen molar-refractivity contribution in [3.8, 4) is 17.6 Å². The molecule has 1 aromatic heterocycles. The molecule has 0 unspecified atom stereocenters. The quantitative estimate of drug-likeness (QED) is 0.849. The molecule has 138 valence electrons. The van der Waals surface area contributed by atoms with E-state index in [2.05, 4.69) is 30.3 Å². The van der Waals surface area contributed by atoms with Crippen LogP contribution in [0.15, 0.2) is 35.7 Å². The number of rotatable bonds is 2. The van der Waals surface area contributed by atoms with Crippen LogP contribution in [0.4, 0.5) is 5.82 Å². The monoisotopic (exact) mass is 364 g/mol. The van der Waals surface area contributed by atoms with Gasteiger partial charge in [-0.05, 0) is 29.5 Å². The Morgan fingerprint density at radius 2 is 2.19 bits per heavy atom. The third-order valence-corrected chi connectivity index (χ3v) is 5.14. The highest BCUT2D eigenvalue weighted by molar-refractivity contribution is 6.00. The molecule has 1 aliphatic heterocycles. The number of methoxy groups -OCH3 is 1. The number of hydrogen-bond donors (Lipinski definition) is 2. The van der Waals surface area contributed by atoms with Gasteiger partial charge in [-0.3, -0.25) is 4.79 Å². The number of Topliss-reactive ketones (excluding diaryl/α,β-unsaturated/α-hetero) is 1. The molecule has 2 aromatic rings. The minimum atomic E-state index is -0.476. The number of anilines is 1. The molecule has 2 heterocycles. The van der Waals surface area contributed by atoms with Crippen LogP contribution in [0, 0.1) is 16.7 Å². The first kappa shape index (κ1) is 17.2. The van der Waals surface area contributed by atoms with Crippen LogP contribution in [0.3, 0.4) is 0 Å². The molecule has 1 atom stereocenters. The molecular formula is C20H20N4O3. The zero-order valence-corrected chi connectivity index (χ0v) is 15.4. The summed E-state index contributed by atoms with van der Waals surface area (Å²) in [6, 6.07) is 6.68. The maximum absolute atomic E-state index is 13.1. The Bertz CT molecular complexity index is 1030. The van der Waals surface area contributed by atoms with Crippen molar-refractivity contribution >= 4 is 11.6 Å². The van der Waals surface area contributed by atoms with Crippen molar-refractivity contribution < 1.29 is 14.6 Å². The number of fused-ring (bicyclic) bond motifs is 1. The summed E-state index contributed by atoms with van der Waals surface area (Å²) in [5.41, 5.74) is 2.52. The number of nitriles is 1. The molecule has 2 aliphatic rings. The van der Waals surface area contributed by atoms with E-state index in [1.807, 2.05) is 0 Å². The number of aromatic hydroxyl groups is 1. The Labute approximate surface area is 156 Å². The normalized spacial score (nSPS) is 20.4. The van der Waals surface area contributed by atoms with Gasteiger partial charge in [-0.25, -0.2) is 4.68 Å². The molecular weight excluding hydrogens is 344 g/mol. The number of allylic oxidation sites excluding steroid dienone is 2. The molecule has 0 bridgehead atoms. The van der Waals surface area contributed by atoms with E-state index in [-0.39, 0.29) is 16.9 Å². The second-order valence-electron chi connectivity index (χ2n) is 7.76. The molecule has 7 nitrogen and oxygen atoms in total. The average molecular weight is 364 g/mol. The van der Waals surface area contributed by atoms with Crippen molar-refractivity contribution in [3.63, 3.8) is 0 Å². The van der Waals surface area contributed by atoms with Crippen LogP contribution in [-0.2, 0) is 4.79 Å². The number of carbonyl (C=O) groups excluding carboxylic acids is 1. The SMILES string of the molecule is COc1cc([C@@H]2C3=C(CC(C)(C)CC3=O)Nc3c(C#N)cnn32)ccc1O. The van der Waals surface area contributed by atoms with Crippen molar-refractivity contribution in [1.29, 1.82) is 5.26 Å².